The molecule has 0 fully saturated rings. The van der Waals surface area contributed by atoms with Gasteiger partial charge in [-0.25, -0.2) is 14.6 Å². The minimum atomic E-state index is -0.636. The van der Waals surface area contributed by atoms with E-state index in [1.165, 1.54) is 11.3 Å². The monoisotopic (exact) mass is 354 g/mol. The number of carbonyl (C=O) groups is 2. The predicted molar refractivity (Wildman–Crippen MR) is 89.6 cm³/mol. The number of esters is 2. The lowest BCUT2D eigenvalue weighted by molar-refractivity contribution is -0.140. The number of nitrogens with zero attached hydrogens (tertiary/aromatic N) is 1. The Hall–Kier alpha value is -2.12. The average Bonchev–Trinajstić information content (AvgIpc) is 2.86. The molecule has 23 heavy (non-hydrogen) atoms. The van der Waals surface area contributed by atoms with Gasteiger partial charge in [0.25, 0.3) is 0 Å². The van der Waals surface area contributed by atoms with Crippen molar-refractivity contribution in [2.45, 2.75) is 13.8 Å². The summed E-state index contributed by atoms with van der Waals surface area (Å²) in [5, 5.41) is 2.88. The first-order valence-electron chi connectivity index (χ1n) is 6.92. The van der Waals surface area contributed by atoms with Crippen molar-refractivity contribution in [3.63, 3.8) is 0 Å². The van der Waals surface area contributed by atoms with E-state index in [-0.39, 0.29) is 18.9 Å². The van der Waals surface area contributed by atoms with Crippen LogP contribution < -0.4 is 5.32 Å². The summed E-state index contributed by atoms with van der Waals surface area (Å²) in [4.78, 5) is 27.7. The molecule has 0 atom stereocenters. The third-order valence-electron chi connectivity index (χ3n) is 2.69. The van der Waals surface area contributed by atoms with Gasteiger partial charge in [-0.2, -0.15) is 0 Å². The molecule has 0 radical (unpaired) electrons. The summed E-state index contributed by atoms with van der Waals surface area (Å²) in [7, 11) is 0. The van der Waals surface area contributed by atoms with Crippen LogP contribution in [0.25, 0.3) is 10.2 Å². The summed E-state index contributed by atoms with van der Waals surface area (Å²) in [5.41, 5.74) is 1.37. The zero-order valence-corrected chi connectivity index (χ0v) is 14.2. The molecule has 0 aliphatic heterocycles. The highest BCUT2D eigenvalue weighted by Gasteiger charge is 2.14. The van der Waals surface area contributed by atoms with Crippen molar-refractivity contribution < 1.29 is 19.1 Å². The minimum absolute atomic E-state index is 0.000243. The molecule has 0 saturated carbocycles. The fraction of sp³-hybridized carbons (Fsp3) is 0.267. The van der Waals surface area contributed by atoms with Gasteiger partial charge in [0.1, 0.15) is 5.70 Å². The van der Waals surface area contributed by atoms with Gasteiger partial charge in [-0.15, -0.1) is 11.3 Å². The normalized spacial score (nSPS) is 11.3. The first-order chi connectivity index (χ1) is 11.0. The first-order valence-corrected chi connectivity index (χ1v) is 8.11. The van der Waals surface area contributed by atoms with Gasteiger partial charge in [0.2, 0.25) is 0 Å². The molecule has 6 nitrogen and oxygen atoms in total. The second-order valence-electron chi connectivity index (χ2n) is 4.30. The summed E-state index contributed by atoms with van der Waals surface area (Å²) in [6.07, 6.45) is 1.07. The topological polar surface area (TPSA) is 77.5 Å². The van der Waals surface area contributed by atoms with Crippen LogP contribution in [0.4, 0.5) is 5.69 Å². The van der Waals surface area contributed by atoms with Gasteiger partial charge in [0, 0.05) is 5.69 Å². The van der Waals surface area contributed by atoms with E-state index in [0.717, 1.165) is 16.3 Å². The van der Waals surface area contributed by atoms with Crippen molar-refractivity contribution in [3.8, 4) is 0 Å². The molecule has 1 N–H and O–H groups in total. The van der Waals surface area contributed by atoms with Crippen LogP contribution in [0.2, 0.25) is 4.47 Å². The molecule has 1 heterocycles. The number of anilines is 1. The highest BCUT2D eigenvalue weighted by Crippen LogP contribution is 2.28. The first kappa shape index (κ1) is 17.2. The Kier molecular flexibility index (Phi) is 5.95. The van der Waals surface area contributed by atoms with E-state index in [4.69, 9.17) is 21.1 Å². The molecular formula is C15H15ClN2O4S. The maximum absolute atomic E-state index is 12.0. The van der Waals surface area contributed by atoms with Crippen molar-refractivity contribution in [3.05, 3.63) is 34.4 Å². The zero-order valence-electron chi connectivity index (χ0n) is 12.6. The molecule has 1 aromatic heterocycles. The Balaban J connectivity index is 2.27. The second-order valence-corrected chi connectivity index (χ2v) is 5.92. The zero-order chi connectivity index (χ0) is 16.8. The second kappa shape index (κ2) is 7.94. The average molecular weight is 355 g/mol. The van der Waals surface area contributed by atoms with Crippen molar-refractivity contribution >= 4 is 50.8 Å². The fourth-order valence-electron chi connectivity index (χ4n) is 1.79. The molecule has 8 heteroatoms. The van der Waals surface area contributed by atoms with Gasteiger partial charge < -0.3 is 14.8 Å². The molecule has 0 saturated heterocycles. The fourth-order valence-corrected chi connectivity index (χ4v) is 2.86. The maximum atomic E-state index is 12.0. The van der Waals surface area contributed by atoms with Gasteiger partial charge in [0.15, 0.2) is 4.47 Å². The molecular weight excluding hydrogens is 340 g/mol. The summed E-state index contributed by atoms with van der Waals surface area (Å²) in [5.74, 6) is -1.26. The van der Waals surface area contributed by atoms with Crippen LogP contribution in [0.15, 0.2) is 30.0 Å². The Morgan fingerprint density at radius 1 is 1.30 bits per heavy atom. The minimum Gasteiger partial charge on any atom is -0.463 e. The van der Waals surface area contributed by atoms with E-state index >= 15 is 0 Å². The molecule has 0 aliphatic carbocycles. The Labute approximate surface area is 142 Å². The summed E-state index contributed by atoms with van der Waals surface area (Å²) >= 11 is 7.20. The van der Waals surface area contributed by atoms with Gasteiger partial charge in [-0.1, -0.05) is 11.6 Å². The SMILES string of the molecule is CCOC(=O)C=C(Nc1ccc2nc(Cl)sc2c1)C(=O)OCC. The van der Waals surface area contributed by atoms with Crippen LogP contribution in [0.3, 0.4) is 0 Å². The quantitative estimate of drug-likeness (QED) is 0.633. The third-order valence-corrected chi connectivity index (χ3v) is 3.81. The number of aromatic nitrogens is 1. The number of hydrogen-bond donors (Lipinski definition) is 1. The standard InChI is InChI=1S/C15H15ClN2O4S/c1-3-21-13(19)8-11(14(20)22-4-2)17-9-5-6-10-12(7-9)23-15(16)18-10/h5-8,17H,3-4H2,1-2H3. The third kappa shape index (κ3) is 4.67. The number of benzene rings is 1. The lowest BCUT2D eigenvalue weighted by Gasteiger charge is -2.10. The molecule has 0 aliphatic rings. The number of carbonyl (C=O) groups excluding carboxylic acids is 2. The van der Waals surface area contributed by atoms with Gasteiger partial charge in [-0.05, 0) is 32.0 Å². The number of ether oxygens (including phenoxy) is 2. The number of nitrogens with one attached hydrogen (secondary N) is 1. The van der Waals surface area contributed by atoms with Crippen molar-refractivity contribution in [1.29, 1.82) is 0 Å². The molecule has 0 amide bonds. The van der Waals surface area contributed by atoms with E-state index in [9.17, 15) is 9.59 Å². The van der Waals surface area contributed by atoms with Crippen LogP contribution in [-0.4, -0.2) is 30.1 Å². The van der Waals surface area contributed by atoms with E-state index in [1.54, 1.807) is 32.0 Å². The largest absolute Gasteiger partial charge is 0.463 e. The van der Waals surface area contributed by atoms with E-state index in [0.29, 0.717) is 10.2 Å². The van der Waals surface area contributed by atoms with Crippen LogP contribution in [0.5, 0.6) is 0 Å². The van der Waals surface area contributed by atoms with Crippen molar-refractivity contribution in [1.82, 2.24) is 4.98 Å². The van der Waals surface area contributed by atoms with E-state index < -0.39 is 11.9 Å². The van der Waals surface area contributed by atoms with Gasteiger partial charge >= 0.3 is 11.9 Å². The van der Waals surface area contributed by atoms with Crippen LogP contribution >= 0.6 is 22.9 Å². The smallest absolute Gasteiger partial charge is 0.355 e. The summed E-state index contributed by atoms with van der Waals surface area (Å²) in [6.45, 7) is 3.79. The molecule has 0 spiro atoms. The Morgan fingerprint density at radius 3 is 2.74 bits per heavy atom. The van der Waals surface area contributed by atoms with Gasteiger partial charge in [0.05, 0.1) is 29.5 Å². The molecule has 2 aromatic rings. The van der Waals surface area contributed by atoms with Crippen LogP contribution in [0.1, 0.15) is 13.8 Å². The molecule has 122 valence electrons. The Morgan fingerprint density at radius 2 is 2.04 bits per heavy atom. The number of halogens is 1. The molecule has 1 aromatic carbocycles. The lowest BCUT2D eigenvalue weighted by atomic mass is 10.2. The summed E-state index contributed by atoms with van der Waals surface area (Å²) < 4.78 is 11.1. The number of rotatable bonds is 6. The lowest BCUT2D eigenvalue weighted by Crippen LogP contribution is -2.17. The van der Waals surface area contributed by atoms with Crippen LogP contribution in [0, 0.1) is 0 Å². The number of fused-ring (bicyclic) bond motifs is 1. The number of thiazole rings is 1. The van der Waals surface area contributed by atoms with Crippen molar-refractivity contribution in [2.75, 3.05) is 18.5 Å². The highest BCUT2D eigenvalue weighted by atomic mass is 35.5. The highest BCUT2D eigenvalue weighted by molar-refractivity contribution is 7.22. The molecule has 2 rings (SSSR count). The predicted octanol–water partition coefficient (Wildman–Crippen LogP) is 3.37. The summed E-state index contributed by atoms with van der Waals surface area (Å²) in [6, 6.07) is 5.29. The van der Waals surface area contributed by atoms with Crippen LogP contribution in [-0.2, 0) is 19.1 Å². The Bertz CT molecular complexity index is 757. The van der Waals surface area contributed by atoms with E-state index in [1.807, 2.05) is 0 Å². The maximum Gasteiger partial charge on any atom is 0.355 e. The molecule has 0 unspecified atom stereocenters. The van der Waals surface area contributed by atoms with Crippen molar-refractivity contribution in [2.24, 2.45) is 0 Å². The molecule has 0 bridgehead atoms. The van der Waals surface area contributed by atoms with Gasteiger partial charge in [-0.3, -0.25) is 0 Å². The van der Waals surface area contributed by atoms with E-state index in [2.05, 4.69) is 10.3 Å². The number of hydrogen-bond acceptors (Lipinski definition) is 7.